The lowest BCUT2D eigenvalue weighted by molar-refractivity contribution is 0.413. The highest BCUT2D eigenvalue weighted by Gasteiger charge is 2.08. The maximum Gasteiger partial charge on any atom is 0.276 e. The van der Waals surface area contributed by atoms with Crippen LogP contribution in [-0.4, -0.2) is 28.8 Å². The molecule has 0 radical (unpaired) electrons. The summed E-state index contributed by atoms with van der Waals surface area (Å²) in [5.41, 5.74) is 1.11. The standard InChI is InChI=1S/C19H19ClN2O2S2/c1-23-15-9-7-14(8-10-15)13-18-21-22-19(24-18)26-12-4-11-25-17-6-3-2-5-16(17)20/h2-3,5-10H,4,11-13H2,1H3. The quantitative estimate of drug-likeness (QED) is 0.340. The molecule has 0 N–H and O–H groups in total. The van der Waals surface area contributed by atoms with Crippen LogP contribution in [-0.2, 0) is 6.42 Å². The van der Waals surface area contributed by atoms with Crippen LogP contribution < -0.4 is 4.74 Å². The molecule has 0 fully saturated rings. The van der Waals surface area contributed by atoms with Crippen LogP contribution in [0.2, 0.25) is 5.02 Å². The van der Waals surface area contributed by atoms with Gasteiger partial charge < -0.3 is 9.15 Å². The first-order valence-electron chi connectivity index (χ1n) is 8.20. The van der Waals surface area contributed by atoms with Crippen LogP contribution in [0.3, 0.4) is 0 Å². The highest BCUT2D eigenvalue weighted by molar-refractivity contribution is 8.00. The van der Waals surface area contributed by atoms with Crippen molar-refractivity contribution in [3.8, 4) is 5.75 Å². The zero-order valence-corrected chi connectivity index (χ0v) is 16.7. The SMILES string of the molecule is COc1ccc(Cc2nnc(SCCCSc3ccccc3Cl)o2)cc1. The van der Waals surface area contributed by atoms with E-state index in [4.69, 9.17) is 20.8 Å². The summed E-state index contributed by atoms with van der Waals surface area (Å²) < 4.78 is 10.9. The van der Waals surface area contributed by atoms with Crippen molar-refractivity contribution in [2.45, 2.75) is 23.0 Å². The normalized spacial score (nSPS) is 10.8. The largest absolute Gasteiger partial charge is 0.497 e. The number of benzene rings is 2. The smallest absolute Gasteiger partial charge is 0.276 e. The summed E-state index contributed by atoms with van der Waals surface area (Å²) in [7, 11) is 1.66. The lowest BCUT2D eigenvalue weighted by Gasteiger charge is -2.02. The third kappa shape index (κ3) is 5.69. The van der Waals surface area contributed by atoms with E-state index in [1.54, 1.807) is 30.6 Å². The second-order valence-corrected chi connectivity index (χ2v) is 8.06. The molecule has 4 nitrogen and oxygen atoms in total. The predicted molar refractivity (Wildman–Crippen MR) is 108 cm³/mol. The van der Waals surface area contributed by atoms with Gasteiger partial charge in [0.25, 0.3) is 5.22 Å². The van der Waals surface area contributed by atoms with E-state index in [9.17, 15) is 0 Å². The van der Waals surface area contributed by atoms with E-state index < -0.39 is 0 Å². The molecule has 0 saturated heterocycles. The van der Waals surface area contributed by atoms with Crippen LogP contribution in [0.4, 0.5) is 0 Å². The second kappa shape index (κ2) is 9.90. The highest BCUT2D eigenvalue weighted by Crippen LogP contribution is 2.28. The molecule has 26 heavy (non-hydrogen) atoms. The number of ether oxygens (including phenoxy) is 1. The van der Waals surface area contributed by atoms with Gasteiger partial charge in [-0.15, -0.1) is 22.0 Å². The summed E-state index contributed by atoms with van der Waals surface area (Å²) in [6, 6.07) is 15.8. The van der Waals surface area contributed by atoms with Crippen molar-refractivity contribution in [2.24, 2.45) is 0 Å². The average Bonchev–Trinajstić information content (AvgIpc) is 3.11. The van der Waals surface area contributed by atoms with E-state index in [2.05, 4.69) is 10.2 Å². The van der Waals surface area contributed by atoms with Crippen molar-refractivity contribution >= 4 is 35.1 Å². The number of methoxy groups -OCH3 is 1. The van der Waals surface area contributed by atoms with Gasteiger partial charge in [0.05, 0.1) is 18.6 Å². The van der Waals surface area contributed by atoms with Gasteiger partial charge in [-0.05, 0) is 42.0 Å². The summed E-state index contributed by atoms with van der Waals surface area (Å²) >= 11 is 9.51. The molecule has 0 aliphatic carbocycles. The molecule has 0 saturated carbocycles. The fourth-order valence-corrected chi connectivity index (χ4v) is 4.34. The van der Waals surface area contributed by atoms with Gasteiger partial charge in [0.15, 0.2) is 0 Å². The van der Waals surface area contributed by atoms with Crippen molar-refractivity contribution in [1.82, 2.24) is 10.2 Å². The molecule has 2 aromatic carbocycles. The summed E-state index contributed by atoms with van der Waals surface area (Å²) in [6.45, 7) is 0. The molecule has 0 bridgehead atoms. The van der Waals surface area contributed by atoms with Gasteiger partial charge in [-0.1, -0.05) is 47.6 Å². The third-order valence-electron chi connectivity index (χ3n) is 3.57. The van der Waals surface area contributed by atoms with Gasteiger partial charge in [0.1, 0.15) is 5.75 Å². The summed E-state index contributed by atoms with van der Waals surface area (Å²) in [6.07, 6.45) is 1.66. The van der Waals surface area contributed by atoms with Crippen molar-refractivity contribution in [3.05, 3.63) is 65.0 Å². The minimum atomic E-state index is 0.622. The lowest BCUT2D eigenvalue weighted by atomic mass is 10.1. The van der Waals surface area contributed by atoms with Gasteiger partial charge in [-0.2, -0.15) is 0 Å². The van der Waals surface area contributed by atoms with Crippen LogP contribution in [0, 0.1) is 0 Å². The molecule has 0 aliphatic heterocycles. The van der Waals surface area contributed by atoms with Crippen molar-refractivity contribution in [1.29, 1.82) is 0 Å². The van der Waals surface area contributed by atoms with Gasteiger partial charge in [-0.3, -0.25) is 0 Å². The Morgan fingerprint density at radius 3 is 2.54 bits per heavy atom. The molecule has 1 aromatic heterocycles. The Morgan fingerprint density at radius 2 is 1.77 bits per heavy atom. The molecule has 0 aliphatic rings. The number of hydrogen-bond donors (Lipinski definition) is 0. The molecule has 0 spiro atoms. The first-order valence-corrected chi connectivity index (χ1v) is 10.5. The minimum Gasteiger partial charge on any atom is -0.497 e. The fraction of sp³-hybridized carbons (Fsp3) is 0.263. The molecule has 136 valence electrons. The zero-order chi connectivity index (χ0) is 18.2. The molecule has 0 atom stereocenters. The molecule has 0 unspecified atom stereocenters. The molecule has 3 rings (SSSR count). The summed E-state index contributed by atoms with van der Waals surface area (Å²) in [5, 5.41) is 9.66. The maximum absolute atomic E-state index is 6.15. The monoisotopic (exact) mass is 406 g/mol. The minimum absolute atomic E-state index is 0.622. The highest BCUT2D eigenvalue weighted by atomic mass is 35.5. The van der Waals surface area contributed by atoms with E-state index in [-0.39, 0.29) is 0 Å². The molecule has 1 heterocycles. The third-order valence-corrected chi connectivity index (χ3v) is 6.08. The lowest BCUT2D eigenvalue weighted by Crippen LogP contribution is -1.89. The van der Waals surface area contributed by atoms with Gasteiger partial charge in [0.2, 0.25) is 5.89 Å². The Balaban J connectivity index is 1.40. The first-order chi connectivity index (χ1) is 12.7. The van der Waals surface area contributed by atoms with Gasteiger partial charge >= 0.3 is 0 Å². The van der Waals surface area contributed by atoms with Crippen LogP contribution in [0.5, 0.6) is 5.75 Å². The van der Waals surface area contributed by atoms with Crippen LogP contribution in [0.25, 0.3) is 0 Å². The van der Waals surface area contributed by atoms with E-state index in [1.165, 1.54) is 0 Å². The van der Waals surface area contributed by atoms with Crippen molar-refractivity contribution < 1.29 is 9.15 Å². The number of aromatic nitrogens is 2. The Labute approximate surface area is 166 Å². The number of thioether (sulfide) groups is 2. The average molecular weight is 407 g/mol. The summed E-state index contributed by atoms with van der Waals surface area (Å²) in [4.78, 5) is 1.12. The number of halogens is 1. The molecular formula is C19H19ClN2O2S2. The first kappa shape index (κ1) is 19.1. The molecule has 0 amide bonds. The maximum atomic E-state index is 6.15. The Kier molecular flexibility index (Phi) is 7.29. The topological polar surface area (TPSA) is 48.2 Å². The fourth-order valence-electron chi connectivity index (χ4n) is 2.25. The van der Waals surface area contributed by atoms with E-state index in [1.807, 2.05) is 48.5 Å². The van der Waals surface area contributed by atoms with Gasteiger partial charge in [0, 0.05) is 10.6 Å². The molecular weight excluding hydrogens is 388 g/mol. The van der Waals surface area contributed by atoms with E-state index >= 15 is 0 Å². The predicted octanol–water partition coefficient (Wildman–Crippen LogP) is 5.60. The number of nitrogens with zero attached hydrogens (tertiary/aromatic N) is 2. The molecule has 3 aromatic rings. The van der Waals surface area contributed by atoms with E-state index in [0.29, 0.717) is 17.5 Å². The van der Waals surface area contributed by atoms with Crippen LogP contribution >= 0.6 is 35.1 Å². The van der Waals surface area contributed by atoms with Crippen LogP contribution in [0.1, 0.15) is 17.9 Å². The Morgan fingerprint density at radius 1 is 1.00 bits per heavy atom. The van der Waals surface area contributed by atoms with E-state index in [0.717, 1.165) is 39.2 Å². The van der Waals surface area contributed by atoms with Gasteiger partial charge in [-0.25, -0.2) is 0 Å². The number of hydrogen-bond acceptors (Lipinski definition) is 6. The Bertz CT molecular complexity index is 824. The second-order valence-electron chi connectivity index (χ2n) is 5.47. The zero-order valence-electron chi connectivity index (χ0n) is 14.4. The molecule has 7 heteroatoms. The van der Waals surface area contributed by atoms with Crippen molar-refractivity contribution in [2.75, 3.05) is 18.6 Å². The van der Waals surface area contributed by atoms with Crippen molar-refractivity contribution in [3.63, 3.8) is 0 Å². The summed E-state index contributed by atoms with van der Waals surface area (Å²) in [5.74, 6) is 3.40. The number of rotatable bonds is 9. The Hall–Kier alpha value is -1.63. The van der Waals surface area contributed by atoms with Crippen LogP contribution in [0.15, 0.2) is 63.1 Å².